The van der Waals surface area contributed by atoms with Gasteiger partial charge in [0.2, 0.25) is 5.91 Å². The number of nitrogens with zero attached hydrogens (tertiary/aromatic N) is 1. The summed E-state index contributed by atoms with van der Waals surface area (Å²) >= 11 is 0. The molecule has 3 aromatic rings. The Balaban J connectivity index is 1.80. The quantitative estimate of drug-likeness (QED) is 0.548. The Morgan fingerprint density at radius 3 is 2.33 bits per heavy atom. The number of ether oxygens (including phenoxy) is 1. The number of aromatic nitrogens is 1. The van der Waals surface area contributed by atoms with Gasteiger partial charge in [-0.25, -0.2) is 0 Å². The Bertz CT molecular complexity index is 1000. The number of anilines is 1. The molecule has 0 saturated heterocycles. The molecule has 1 aromatic heterocycles. The predicted molar refractivity (Wildman–Crippen MR) is 117 cm³/mol. The van der Waals surface area contributed by atoms with Crippen molar-refractivity contribution in [1.82, 2.24) is 4.57 Å². The standard InChI is InChI=1S/C24H26N2O4/c1-3-30-21-12-8-19(9-13-21)25-23(27)16-26-20(11-15-24(28)29)10-14-22(26)18-6-4-17(2)5-7-18/h4-10,12-14H,3,11,15-16H2,1-2H3,(H,25,27)(H,28,29). The molecule has 0 unspecified atom stereocenters. The van der Waals surface area contributed by atoms with Gasteiger partial charge in [-0.3, -0.25) is 9.59 Å². The van der Waals surface area contributed by atoms with Crippen molar-refractivity contribution < 1.29 is 19.4 Å². The second-order valence-corrected chi connectivity index (χ2v) is 7.06. The third kappa shape index (κ3) is 5.50. The van der Waals surface area contributed by atoms with Crippen molar-refractivity contribution >= 4 is 17.6 Å². The van der Waals surface area contributed by atoms with E-state index in [1.165, 1.54) is 0 Å². The Hall–Kier alpha value is -3.54. The smallest absolute Gasteiger partial charge is 0.303 e. The van der Waals surface area contributed by atoms with Gasteiger partial charge < -0.3 is 19.7 Å². The number of carboxylic acid groups (broad SMARTS) is 1. The fourth-order valence-electron chi connectivity index (χ4n) is 3.27. The van der Waals surface area contributed by atoms with Gasteiger partial charge in [0.25, 0.3) is 0 Å². The average molecular weight is 406 g/mol. The molecule has 3 rings (SSSR count). The molecule has 0 saturated carbocycles. The van der Waals surface area contributed by atoms with Crippen LogP contribution in [0.5, 0.6) is 5.75 Å². The molecule has 0 bridgehead atoms. The molecule has 2 N–H and O–H groups in total. The van der Waals surface area contributed by atoms with Crippen LogP contribution in [0.25, 0.3) is 11.3 Å². The summed E-state index contributed by atoms with van der Waals surface area (Å²) in [5.41, 5.74) is 4.51. The van der Waals surface area contributed by atoms with E-state index in [0.717, 1.165) is 28.3 Å². The van der Waals surface area contributed by atoms with Gasteiger partial charge in [-0.05, 0) is 62.2 Å². The lowest BCUT2D eigenvalue weighted by atomic mass is 10.1. The molecule has 0 radical (unpaired) electrons. The van der Waals surface area contributed by atoms with Gasteiger partial charge >= 0.3 is 5.97 Å². The molecular formula is C24H26N2O4. The fraction of sp³-hybridized carbons (Fsp3) is 0.250. The number of carbonyl (C=O) groups is 2. The number of benzene rings is 2. The second-order valence-electron chi connectivity index (χ2n) is 7.06. The molecule has 6 nitrogen and oxygen atoms in total. The fourth-order valence-corrected chi connectivity index (χ4v) is 3.27. The maximum atomic E-state index is 12.7. The van der Waals surface area contributed by atoms with Crippen LogP contribution in [0.1, 0.15) is 24.6 Å². The number of aliphatic carboxylic acids is 1. The highest BCUT2D eigenvalue weighted by Gasteiger charge is 2.14. The molecule has 1 heterocycles. The summed E-state index contributed by atoms with van der Waals surface area (Å²) in [5, 5.41) is 12.0. The van der Waals surface area contributed by atoms with Crippen molar-refractivity contribution in [1.29, 1.82) is 0 Å². The average Bonchev–Trinajstić information content (AvgIpc) is 3.11. The first-order valence-corrected chi connectivity index (χ1v) is 9.96. The van der Waals surface area contributed by atoms with Crippen LogP contribution in [0, 0.1) is 6.92 Å². The van der Waals surface area contributed by atoms with E-state index in [1.54, 1.807) is 12.1 Å². The maximum Gasteiger partial charge on any atom is 0.303 e. The van der Waals surface area contributed by atoms with Crippen LogP contribution in [0.3, 0.4) is 0 Å². The van der Waals surface area contributed by atoms with E-state index in [9.17, 15) is 9.59 Å². The molecule has 0 spiro atoms. The van der Waals surface area contributed by atoms with Crippen molar-refractivity contribution in [3.05, 3.63) is 71.9 Å². The van der Waals surface area contributed by atoms with Gasteiger partial charge in [-0.1, -0.05) is 29.8 Å². The first kappa shape index (κ1) is 21.2. The highest BCUT2D eigenvalue weighted by atomic mass is 16.5. The van der Waals surface area contributed by atoms with Gasteiger partial charge in [0.15, 0.2) is 0 Å². The lowest BCUT2D eigenvalue weighted by Crippen LogP contribution is -2.21. The van der Waals surface area contributed by atoms with Crippen molar-refractivity contribution in [2.45, 2.75) is 33.2 Å². The SMILES string of the molecule is CCOc1ccc(NC(=O)Cn2c(CCC(=O)O)ccc2-c2ccc(C)cc2)cc1. The van der Waals surface area contributed by atoms with Crippen LogP contribution in [0.4, 0.5) is 5.69 Å². The zero-order valence-corrected chi connectivity index (χ0v) is 17.2. The summed E-state index contributed by atoms with van der Waals surface area (Å²) in [4.78, 5) is 23.8. The molecule has 0 aliphatic heterocycles. The summed E-state index contributed by atoms with van der Waals surface area (Å²) in [6.07, 6.45) is 0.370. The first-order valence-electron chi connectivity index (χ1n) is 9.96. The summed E-state index contributed by atoms with van der Waals surface area (Å²) < 4.78 is 7.31. The molecule has 0 aliphatic rings. The van der Waals surface area contributed by atoms with Gasteiger partial charge in [0, 0.05) is 17.1 Å². The van der Waals surface area contributed by atoms with Crippen molar-refractivity contribution in [3.8, 4) is 17.0 Å². The molecular weight excluding hydrogens is 380 g/mol. The summed E-state index contributed by atoms with van der Waals surface area (Å²) in [6.45, 7) is 4.62. The number of rotatable bonds is 9. The Morgan fingerprint density at radius 1 is 1.00 bits per heavy atom. The molecule has 2 aromatic carbocycles. The molecule has 0 atom stereocenters. The number of hydrogen-bond acceptors (Lipinski definition) is 3. The van der Waals surface area contributed by atoms with Crippen molar-refractivity contribution in [2.75, 3.05) is 11.9 Å². The van der Waals surface area contributed by atoms with E-state index in [-0.39, 0.29) is 18.9 Å². The van der Waals surface area contributed by atoms with Gasteiger partial charge in [0.1, 0.15) is 12.3 Å². The molecule has 156 valence electrons. The minimum atomic E-state index is -0.863. The van der Waals surface area contributed by atoms with Gasteiger partial charge in [0.05, 0.1) is 13.0 Å². The third-order valence-corrected chi connectivity index (χ3v) is 4.76. The largest absolute Gasteiger partial charge is 0.494 e. The van der Waals surface area contributed by atoms with E-state index in [4.69, 9.17) is 9.84 Å². The molecule has 1 amide bonds. The number of nitrogens with one attached hydrogen (secondary N) is 1. The summed E-state index contributed by atoms with van der Waals surface area (Å²) in [5.74, 6) is -0.294. The Morgan fingerprint density at radius 2 is 1.70 bits per heavy atom. The summed E-state index contributed by atoms with van der Waals surface area (Å²) in [7, 11) is 0. The first-order chi connectivity index (χ1) is 14.5. The van der Waals surface area contributed by atoms with E-state index < -0.39 is 5.97 Å². The van der Waals surface area contributed by atoms with Gasteiger partial charge in [-0.15, -0.1) is 0 Å². The minimum Gasteiger partial charge on any atom is -0.494 e. The minimum absolute atomic E-state index is 0.0118. The third-order valence-electron chi connectivity index (χ3n) is 4.76. The van der Waals surface area contributed by atoms with Gasteiger partial charge in [-0.2, -0.15) is 0 Å². The highest BCUT2D eigenvalue weighted by Crippen LogP contribution is 2.24. The number of amides is 1. The van der Waals surface area contributed by atoms with E-state index in [1.807, 2.05) is 66.9 Å². The normalized spacial score (nSPS) is 10.6. The number of hydrogen-bond donors (Lipinski definition) is 2. The van der Waals surface area contributed by atoms with E-state index in [2.05, 4.69) is 5.32 Å². The maximum absolute atomic E-state index is 12.7. The van der Waals surface area contributed by atoms with Crippen LogP contribution in [-0.4, -0.2) is 28.2 Å². The topological polar surface area (TPSA) is 80.6 Å². The lowest BCUT2D eigenvalue weighted by Gasteiger charge is -2.14. The zero-order valence-electron chi connectivity index (χ0n) is 17.2. The molecule has 0 fully saturated rings. The second kappa shape index (κ2) is 9.78. The van der Waals surface area contributed by atoms with E-state index in [0.29, 0.717) is 18.7 Å². The summed E-state index contributed by atoms with van der Waals surface area (Å²) in [6, 6.07) is 19.1. The van der Waals surface area contributed by atoms with Crippen LogP contribution < -0.4 is 10.1 Å². The molecule has 30 heavy (non-hydrogen) atoms. The highest BCUT2D eigenvalue weighted by molar-refractivity contribution is 5.91. The van der Waals surface area contributed by atoms with Crippen LogP contribution in [0.15, 0.2) is 60.7 Å². The monoisotopic (exact) mass is 406 g/mol. The molecule has 0 aliphatic carbocycles. The zero-order chi connectivity index (χ0) is 21.5. The van der Waals surface area contributed by atoms with Crippen molar-refractivity contribution in [3.63, 3.8) is 0 Å². The molecule has 6 heteroatoms. The number of carboxylic acids is 1. The van der Waals surface area contributed by atoms with E-state index >= 15 is 0 Å². The van der Waals surface area contributed by atoms with Crippen LogP contribution >= 0.6 is 0 Å². The number of carbonyl (C=O) groups excluding carboxylic acids is 1. The lowest BCUT2D eigenvalue weighted by molar-refractivity contribution is -0.137. The van der Waals surface area contributed by atoms with Crippen molar-refractivity contribution in [2.24, 2.45) is 0 Å². The Labute approximate surface area is 176 Å². The Kier molecular flexibility index (Phi) is 6.91. The predicted octanol–water partition coefficient (Wildman–Crippen LogP) is 4.52. The van der Waals surface area contributed by atoms with Crippen LogP contribution in [-0.2, 0) is 22.6 Å². The number of aryl methyl sites for hydroxylation is 2. The van der Waals surface area contributed by atoms with Crippen LogP contribution in [0.2, 0.25) is 0 Å².